The molecule has 0 radical (unpaired) electrons. The van der Waals surface area contributed by atoms with Gasteiger partial charge < -0.3 is 14.2 Å². The van der Waals surface area contributed by atoms with Gasteiger partial charge in [-0.1, -0.05) is 56.3 Å². The first-order valence-corrected chi connectivity index (χ1v) is 10.3. The van der Waals surface area contributed by atoms with Gasteiger partial charge in [0.25, 0.3) is 5.91 Å². The van der Waals surface area contributed by atoms with Crippen LogP contribution in [0.4, 0.5) is 0 Å². The quantitative estimate of drug-likeness (QED) is 0.610. The van der Waals surface area contributed by atoms with Crippen LogP contribution in [0.15, 0.2) is 63.8 Å². The van der Waals surface area contributed by atoms with Crippen LogP contribution < -0.4 is 5.43 Å². The van der Waals surface area contributed by atoms with Crippen LogP contribution in [0, 0.1) is 0 Å². The standard InChI is InChI=1S/C24H26N2O3/c1-3-25(4-2)15-10-16-26-21(17-11-6-5-7-12-17)20-22(27)18-13-8-9-14-19(18)29-23(20)24(26)28/h5-9,11-14,21H,3-4,10,15-16H2,1-2H3/t21-/m0/s1. The molecule has 0 saturated carbocycles. The molecule has 29 heavy (non-hydrogen) atoms. The second-order valence-corrected chi connectivity index (χ2v) is 7.36. The number of rotatable bonds is 7. The number of hydrogen-bond donors (Lipinski definition) is 0. The van der Waals surface area contributed by atoms with Crippen molar-refractivity contribution >= 4 is 16.9 Å². The van der Waals surface area contributed by atoms with E-state index in [4.69, 9.17) is 4.42 Å². The fraction of sp³-hybridized carbons (Fsp3) is 0.333. The topological polar surface area (TPSA) is 53.8 Å². The molecule has 3 aromatic rings. The summed E-state index contributed by atoms with van der Waals surface area (Å²) < 4.78 is 5.95. The average Bonchev–Trinajstić information content (AvgIpc) is 3.04. The monoisotopic (exact) mass is 390 g/mol. The number of carbonyl (C=O) groups excluding carboxylic acids is 1. The lowest BCUT2D eigenvalue weighted by Gasteiger charge is -2.26. The Morgan fingerprint density at radius 3 is 2.38 bits per heavy atom. The van der Waals surface area contributed by atoms with Crippen molar-refractivity contribution in [1.82, 2.24) is 9.80 Å². The summed E-state index contributed by atoms with van der Waals surface area (Å²) in [6, 6.07) is 16.5. The maximum absolute atomic E-state index is 13.3. The molecule has 0 spiro atoms. The van der Waals surface area contributed by atoms with Crippen molar-refractivity contribution in [1.29, 1.82) is 0 Å². The van der Waals surface area contributed by atoms with Gasteiger partial charge in [-0.3, -0.25) is 9.59 Å². The first-order chi connectivity index (χ1) is 14.2. The van der Waals surface area contributed by atoms with Crippen molar-refractivity contribution in [3.8, 4) is 0 Å². The third-order valence-electron chi connectivity index (χ3n) is 5.76. The van der Waals surface area contributed by atoms with E-state index in [-0.39, 0.29) is 17.1 Å². The molecule has 5 heteroatoms. The summed E-state index contributed by atoms with van der Waals surface area (Å²) in [7, 11) is 0. The summed E-state index contributed by atoms with van der Waals surface area (Å²) in [4.78, 5) is 30.7. The number of carbonyl (C=O) groups is 1. The molecule has 0 N–H and O–H groups in total. The molecule has 2 aromatic carbocycles. The number of amides is 1. The van der Waals surface area contributed by atoms with Crippen LogP contribution >= 0.6 is 0 Å². The van der Waals surface area contributed by atoms with E-state index in [1.54, 1.807) is 17.0 Å². The summed E-state index contributed by atoms with van der Waals surface area (Å²) in [5, 5.41) is 0.518. The van der Waals surface area contributed by atoms with Crippen LogP contribution in [0.2, 0.25) is 0 Å². The van der Waals surface area contributed by atoms with Crippen LogP contribution in [0.1, 0.15) is 48.0 Å². The smallest absolute Gasteiger partial charge is 0.290 e. The van der Waals surface area contributed by atoms with Crippen molar-refractivity contribution in [3.05, 3.63) is 81.7 Å². The van der Waals surface area contributed by atoms with Crippen molar-refractivity contribution in [2.24, 2.45) is 0 Å². The van der Waals surface area contributed by atoms with E-state index in [0.29, 0.717) is 23.1 Å². The van der Waals surface area contributed by atoms with Gasteiger partial charge in [-0.2, -0.15) is 0 Å². The second kappa shape index (κ2) is 8.21. The van der Waals surface area contributed by atoms with Gasteiger partial charge in [0.1, 0.15) is 5.58 Å². The molecule has 5 nitrogen and oxygen atoms in total. The predicted molar refractivity (Wildman–Crippen MR) is 114 cm³/mol. The molecule has 1 aliphatic heterocycles. The van der Waals surface area contributed by atoms with Gasteiger partial charge in [0.05, 0.1) is 17.0 Å². The number of para-hydroxylation sites is 1. The van der Waals surface area contributed by atoms with E-state index in [2.05, 4.69) is 18.7 Å². The zero-order valence-corrected chi connectivity index (χ0v) is 16.9. The van der Waals surface area contributed by atoms with E-state index in [9.17, 15) is 9.59 Å². The van der Waals surface area contributed by atoms with Gasteiger partial charge in [-0.25, -0.2) is 0 Å². The molecule has 2 heterocycles. The Balaban J connectivity index is 1.77. The molecule has 1 atom stereocenters. The van der Waals surface area contributed by atoms with Gasteiger partial charge in [0.15, 0.2) is 5.43 Å². The Morgan fingerprint density at radius 2 is 1.66 bits per heavy atom. The van der Waals surface area contributed by atoms with E-state index in [0.717, 1.165) is 31.6 Å². The molecule has 1 amide bonds. The summed E-state index contributed by atoms with van der Waals surface area (Å²) in [6.07, 6.45) is 0.846. The fourth-order valence-electron chi connectivity index (χ4n) is 4.18. The minimum absolute atomic E-state index is 0.115. The first kappa shape index (κ1) is 19.4. The van der Waals surface area contributed by atoms with Crippen LogP contribution in [0.3, 0.4) is 0 Å². The average molecular weight is 390 g/mol. The van der Waals surface area contributed by atoms with Crippen molar-refractivity contribution in [2.75, 3.05) is 26.2 Å². The van der Waals surface area contributed by atoms with E-state index < -0.39 is 6.04 Å². The number of benzene rings is 2. The Kier molecular flexibility index (Phi) is 5.49. The summed E-state index contributed by atoms with van der Waals surface area (Å²) in [5.74, 6) is -0.0124. The second-order valence-electron chi connectivity index (χ2n) is 7.36. The number of nitrogens with zero attached hydrogens (tertiary/aromatic N) is 2. The molecule has 150 valence electrons. The maximum atomic E-state index is 13.3. The molecule has 0 aliphatic carbocycles. The molecule has 1 aromatic heterocycles. The molecule has 0 unspecified atom stereocenters. The van der Waals surface area contributed by atoms with Crippen molar-refractivity contribution < 1.29 is 9.21 Å². The number of fused-ring (bicyclic) bond motifs is 2. The lowest BCUT2D eigenvalue weighted by molar-refractivity contribution is 0.0720. The van der Waals surface area contributed by atoms with Gasteiger partial charge in [-0.05, 0) is 43.8 Å². The Labute approximate surface area is 170 Å². The molecule has 0 saturated heterocycles. The molecular weight excluding hydrogens is 364 g/mol. The lowest BCUT2D eigenvalue weighted by atomic mass is 9.98. The van der Waals surface area contributed by atoms with Gasteiger partial charge in [-0.15, -0.1) is 0 Å². The highest BCUT2D eigenvalue weighted by Crippen LogP contribution is 2.38. The highest BCUT2D eigenvalue weighted by Gasteiger charge is 2.42. The van der Waals surface area contributed by atoms with Crippen molar-refractivity contribution in [2.45, 2.75) is 26.3 Å². The molecule has 4 rings (SSSR count). The Bertz CT molecular complexity index is 1070. The van der Waals surface area contributed by atoms with Crippen LogP contribution in [0.25, 0.3) is 11.0 Å². The first-order valence-electron chi connectivity index (χ1n) is 10.3. The molecule has 0 fully saturated rings. The third-order valence-corrected chi connectivity index (χ3v) is 5.76. The Hall–Kier alpha value is -2.92. The lowest BCUT2D eigenvalue weighted by Crippen LogP contribution is -2.33. The van der Waals surface area contributed by atoms with E-state index >= 15 is 0 Å². The predicted octanol–water partition coefficient (Wildman–Crippen LogP) is 4.07. The highest BCUT2D eigenvalue weighted by atomic mass is 16.3. The zero-order valence-electron chi connectivity index (χ0n) is 16.9. The molecule has 1 aliphatic rings. The fourth-order valence-corrected chi connectivity index (χ4v) is 4.18. The van der Waals surface area contributed by atoms with Crippen molar-refractivity contribution in [3.63, 3.8) is 0 Å². The van der Waals surface area contributed by atoms with Crippen LogP contribution in [0.5, 0.6) is 0 Å². The highest BCUT2D eigenvalue weighted by molar-refractivity contribution is 5.99. The normalized spacial score (nSPS) is 16.0. The minimum atomic E-state index is -0.406. The largest absolute Gasteiger partial charge is 0.450 e. The summed E-state index contributed by atoms with van der Waals surface area (Å²) >= 11 is 0. The maximum Gasteiger partial charge on any atom is 0.290 e. The van der Waals surface area contributed by atoms with Gasteiger partial charge in [0, 0.05) is 6.54 Å². The minimum Gasteiger partial charge on any atom is -0.450 e. The third kappa shape index (κ3) is 3.47. The van der Waals surface area contributed by atoms with Crippen LogP contribution in [-0.2, 0) is 0 Å². The van der Waals surface area contributed by atoms with E-state index in [1.165, 1.54) is 0 Å². The SMILES string of the molecule is CCN(CC)CCCN1C(=O)c2oc3ccccc3c(=O)c2[C@@H]1c1ccccc1. The van der Waals surface area contributed by atoms with Gasteiger partial charge in [0.2, 0.25) is 5.76 Å². The van der Waals surface area contributed by atoms with Gasteiger partial charge >= 0.3 is 0 Å². The Morgan fingerprint density at radius 1 is 0.966 bits per heavy atom. The zero-order chi connectivity index (χ0) is 20.4. The van der Waals surface area contributed by atoms with Crippen LogP contribution in [-0.4, -0.2) is 41.9 Å². The van der Waals surface area contributed by atoms with E-state index in [1.807, 2.05) is 42.5 Å². The number of hydrogen-bond acceptors (Lipinski definition) is 4. The summed E-state index contributed by atoms with van der Waals surface area (Å²) in [5.41, 5.74) is 1.74. The molecule has 0 bridgehead atoms. The summed E-state index contributed by atoms with van der Waals surface area (Å²) in [6.45, 7) is 7.74. The molecular formula is C24H26N2O3.